The second kappa shape index (κ2) is 4.99. The highest BCUT2D eigenvalue weighted by Gasteiger charge is 2.54. The van der Waals surface area contributed by atoms with E-state index in [1.807, 2.05) is 0 Å². The summed E-state index contributed by atoms with van der Waals surface area (Å²) in [7, 11) is 0. The van der Waals surface area contributed by atoms with Crippen LogP contribution in [0.25, 0.3) is 0 Å². The Morgan fingerprint density at radius 2 is 1.70 bits per heavy atom. The van der Waals surface area contributed by atoms with Crippen LogP contribution in [0, 0.1) is 23.2 Å². The SMILES string of the molecule is O=C(NO[C@@H]1CCCCO1)C12CC3CC(CC(C3)C1)C2. The Bertz CT molecular complexity index is 354. The van der Waals surface area contributed by atoms with E-state index in [0.29, 0.717) is 0 Å². The van der Waals surface area contributed by atoms with Gasteiger partial charge >= 0.3 is 0 Å². The summed E-state index contributed by atoms with van der Waals surface area (Å²) in [5, 5.41) is 0. The van der Waals surface area contributed by atoms with Crippen LogP contribution in [0.1, 0.15) is 57.8 Å². The molecule has 4 aliphatic carbocycles. The van der Waals surface area contributed by atoms with E-state index in [1.54, 1.807) is 0 Å². The first-order valence-corrected chi connectivity index (χ1v) is 8.31. The smallest absolute Gasteiger partial charge is 0.249 e. The van der Waals surface area contributed by atoms with E-state index in [2.05, 4.69) is 5.48 Å². The summed E-state index contributed by atoms with van der Waals surface area (Å²) in [4.78, 5) is 18.2. The molecule has 4 bridgehead atoms. The second-order valence-electron chi connectivity index (χ2n) is 7.54. The fourth-order valence-corrected chi connectivity index (χ4v) is 5.42. The lowest BCUT2D eigenvalue weighted by atomic mass is 9.49. The van der Waals surface area contributed by atoms with E-state index in [9.17, 15) is 4.79 Å². The van der Waals surface area contributed by atoms with Gasteiger partial charge in [0.05, 0.1) is 5.41 Å². The van der Waals surface area contributed by atoms with Gasteiger partial charge in [-0.25, -0.2) is 10.3 Å². The van der Waals surface area contributed by atoms with E-state index in [-0.39, 0.29) is 17.6 Å². The number of carbonyl (C=O) groups excluding carboxylic acids is 1. The topological polar surface area (TPSA) is 47.6 Å². The minimum absolute atomic E-state index is 0.122. The molecule has 4 nitrogen and oxygen atoms in total. The summed E-state index contributed by atoms with van der Waals surface area (Å²) in [6.07, 6.45) is 10.2. The number of hydrogen-bond acceptors (Lipinski definition) is 3. The second-order valence-corrected chi connectivity index (χ2v) is 7.54. The maximum atomic E-state index is 12.6. The van der Waals surface area contributed by atoms with Crippen molar-refractivity contribution in [3.63, 3.8) is 0 Å². The Labute approximate surface area is 120 Å². The first-order chi connectivity index (χ1) is 9.73. The Balaban J connectivity index is 1.38. The molecule has 0 aromatic carbocycles. The van der Waals surface area contributed by atoms with Gasteiger partial charge in [-0.3, -0.25) is 4.79 Å². The maximum Gasteiger partial charge on any atom is 0.249 e. The fourth-order valence-electron chi connectivity index (χ4n) is 5.42. The first-order valence-electron chi connectivity index (χ1n) is 8.31. The molecule has 20 heavy (non-hydrogen) atoms. The summed E-state index contributed by atoms with van der Waals surface area (Å²) in [6, 6.07) is 0. The predicted molar refractivity (Wildman–Crippen MR) is 73.4 cm³/mol. The van der Waals surface area contributed by atoms with Gasteiger partial charge in [0, 0.05) is 13.0 Å². The highest BCUT2D eigenvalue weighted by molar-refractivity contribution is 5.82. The number of rotatable bonds is 3. The monoisotopic (exact) mass is 279 g/mol. The number of ether oxygens (including phenoxy) is 1. The molecular formula is C16H25NO3. The van der Waals surface area contributed by atoms with Crippen LogP contribution in [-0.4, -0.2) is 18.8 Å². The molecule has 4 heteroatoms. The zero-order chi connectivity index (χ0) is 13.6. The zero-order valence-corrected chi connectivity index (χ0v) is 12.1. The summed E-state index contributed by atoms with van der Waals surface area (Å²) in [6.45, 7) is 0.748. The van der Waals surface area contributed by atoms with Crippen LogP contribution in [0.4, 0.5) is 0 Å². The Morgan fingerprint density at radius 3 is 2.25 bits per heavy atom. The molecule has 4 saturated carbocycles. The minimum atomic E-state index is -0.235. The van der Waals surface area contributed by atoms with Crippen LogP contribution >= 0.6 is 0 Å². The molecular weight excluding hydrogens is 254 g/mol. The molecule has 1 N–H and O–H groups in total. The van der Waals surface area contributed by atoms with Crippen molar-refractivity contribution in [3.05, 3.63) is 0 Å². The van der Waals surface area contributed by atoms with Crippen molar-refractivity contribution in [1.82, 2.24) is 5.48 Å². The highest BCUT2D eigenvalue weighted by atomic mass is 16.8. The van der Waals surface area contributed by atoms with Crippen molar-refractivity contribution in [3.8, 4) is 0 Å². The molecule has 0 aromatic rings. The van der Waals surface area contributed by atoms with Crippen molar-refractivity contribution < 1.29 is 14.4 Å². The third-order valence-corrected chi connectivity index (χ3v) is 5.94. The van der Waals surface area contributed by atoms with Gasteiger partial charge in [0.1, 0.15) is 0 Å². The van der Waals surface area contributed by atoms with Crippen molar-refractivity contribution >= 4 is 5.91 Å². The number of hydroxylamine groups is 1. The van der Waals surface area contributed by atoms with Gasteiger partial charge in [0.25, 0.3) is 0 Å². The van der Waals surface area contributed by atoms with Crippen molar-refractivity contribution in [2.75, 3.05) is 6.61 Å². The molecule has 0 radical (unpaired) electrons. The van der Waals surface area contributed by atoms with E-state index >= 15 is 0 Å². The molecule has 1 heterocycles. The third kappa shape index (κ3) is 2.27. The largest absolute Gasteiger partial charge is 0.350 e. The summed E-state index contributed by atoms with van der Waals surface area (Å²) in [5.74, 6) is 2.50. The van der Waals surface area contributed by atoms with Gasteiger partial charge < -0.3 is 4.74 Å². The molecule has 0 aromatic heterocycles. The van der Waals surface area contributed by atoms with Crippen LogP contribution < -0.4 is 5.48 Å². The van der Waals surface area contributed by atoms with Gasteiger partial charge in [-0.2, -0.15) is 0 Å². The van der Waals surface area contributed by atoms with E-state index in [4.69, 9.17) is 9.57 Å². The summed E-state index contributed by atoms with van der Waals surface area (Å²) >= 11 is 0. The quantitative estimate of drug-likeness (QED) is 0.808. The lowest BCUT2D eigenvalue weighted by molar-refractivity contribution is -0.209. The molecule has 5 rings (SSSR count). The predicted octanol–water partition coefficient (Wildman–Crippen LogP) is 2.78. The Morgan fingerprint density at radius 1 is 1.05 bits per heavy atom. The van der Waals surface area contributed by atoms with Gasteiger partial charge in [0.2, 0.25) is 5.91 Å². The normalized spacial score (nSPS) is 46.4. The van der Waals surface area contributed by atoms with Crippen molar-refractivity contribution in [2.24, 2.45) is 23.2 Å². The highest BCUT2D eigenvalue weighted by Crippen LogP contribution is 2.60. The van der Waals surface area contributed by atoms with Crippen molar-refractivity contribution in [2.45, 2.75) is 64.1 Å². The lowest BCUT2D eigenvalue weighted by Gasteiger charge is -2.55. The van der Waals surface area contributed by atoms with Crippen LogP contribution in [0.3, 0.4) is 0 Å². The minimum Gasteiger partial charge on any atom is -0.350 e. The van der Waals surface area contributed by atoms with Gasteiger partial charge in [-0.15, -0.1) is 0 Å². The van der Waals surface area contributed by atoms with Crippen LogP contribution in [0.15, 0.2) is 0 Å². The number of carbonyl (C=O) groups is 1. The summed E-state index contributed by atoms with van der Waals surface area (Å²) in [5.41, 5.74) is 2.62. The van der Waals surface area contributed by atoms with Crippen LogP contribution in [-0.2, 0) is 14.4 Å². The number of amides is 1. The van der Waals surface area contributed by atoms with Gasteiger partial charge in [0.15, 0.2) is 6.29 Å². The molecule has 0 unspecified atom stereocenters. The first kappa shape index (κ1) is 13.1. The standard InChI is InChI=1S/C16H25NO3/c18-15(17-20-14-3-1-2-4-19-14)16-8-11-5-12(9-16)7-13(6-11)10-16/h11-14H,1-10H2,(H,17,18)/t11?,12?,13?,14-,16?/m1/s1. The fraction of sp³-hybridized carbons (Fsp3) is 0.938. The number of hydrogen-bond donors (Lipinski definition) is 1. The van der Waals surface area contributed by atoms with Gasteiger partial charge in [-0.1, -0.05) is 0 Å². The molecule has 1 atom stereocenters. The van der Waals surface area contributed by atoms with E-state index in [1.165, 1.54) is 19.3 Å². The average Bonchev–Trinajstić information content (AvgIpc) is 2.44. The maximum absolute atomic E-state index is 12.6. The molecule has 5 aliphatic rings. The van der Waals surface area contributed by atoms with Gasteiger partial charge in [-0.05, 0) is 69.1 Å². The molecule has 1 saturated heterocycles. The van der Waals surface area contributed by atoms with Crippen molar-refractivity contribution in [1.29, 1.82) is 0 Å². The summed E-state index contributed by atoms with van der Waals surface area (Å²) < 4.78 is 5.51. The van der Waals surface area contributed by atoms with Crippen LogP contribution in [0.2, 0.25) is 0 Å². The molecule has 5 fully saturated rings. The molecule has 0 spiro atoms. The molecule has 1 aliphatic heterocycles. The third-order valence-electron chi connectivity index (χ3n) is 5.94. The molecule has 1 amide bonds. The lowest BCUT2D eigenvalue weighted by Crippen LogP contribution is -2.54. The Hall–Kier alpha value is -0.610. The van der Waals surface area contributed by atoms with E-state index in [0.717, 1.165) is 62.9 Å². The average molecular weight is 279 g/mol. The van der Waals surface area contributed by atoms with E-state index < -0.39 is 0 Å². The molecule has 112 valence electrons. The number of nitrogens with one attached hydrogen (secondary N) is 1. The zero-order valence-electron chi connectivity index (χ0n) is 12.1. The Kier molecular flexibility index (Phi) is 3.26. The van der Waals surface area contributed by atoms with Crippen LogP contribution in [0.5, 0.6) is 0 Å².